The van der Waals surface area contributed by atoms with Gasteiger partial charge in [0.15, 0.2) is 5.13 Å². The third-order valence-corrected chi connectivity index (χ3v) is 2.95. The second kappa shape index (κ2) is 5.23. The molecule has 7 nitrogen and oxygen atoms in total. The Morgan fingerprint density at radius 1 is 1.67 bits per heavy atom. The van der Waals surface area contributed by atoms with Crippen LogP contribution in [0.5, 0.6) is 0 Å². The van der Waals surface area contributed by atoms with E-state index in [1.54, 1.807) is 17.8 Å². The van der Waals surface area contributed by atoms with Crippen LogP contribution in [0.4, 0.5) is 5.13 Å². The number of nitrogens with zero attached hydrogens (tertiary/aromatic N) is 4. The first-order valence-corrected chi connectivity index (χ1v) is 6.22. The van der Waals surface area contributed by atoms with Gasteiger partial charge in [0.05, 0.1) is 24.5 Å². The van der Waals surface area contributed by atoms with Gasteiger partial charge in [0.1, 0.15) is 5.69 Å². The molecule has 0 aliphatic heterocycles. The molecule has 0 spiro atoms. The Bertz CT molecular complexity index is 548. The molecule has 18 heavy (non-hydrogen) atoms. The highest BCUT2D eigenvalue weighted by molar-refractivity contribution is 7.13. The number of hydrogen-bond donors (Lipinski definition) is 2. The van der Waals surface area contributed by atoms with Crippen LogP contribution >= 0.6 is 11.3 Å². The Morgan fingerprint density at radius 2 is 2.44 bits per heavy atom. The minimum Gasteiger partial charge on any atom is -0.387 e. The Morgan fingerprint density at radius 3 is 3.06 bits per heavy atom. The summed E-state index contributed by atoms with van der Waals surface area (Å²) in [5.41, 5.74) is 1.30. The molecule has 2 aromatic rings. The maximum absolute atomic E-state index is 10.9. The highest BCUT2D eigenvalue weighted by Gasteiger charge is 2.08. The van der Waals surface area contributed by atoms with Crippen molar-refractivity contribution in [2.24, 2.45) is 0 Å². The molecule has 1 unspecified atom stereocenters. The zero-order chi connectivity index (χ0) is 13.1. The van der Waals surface area contributed by atoms with E-state index < -0.39 is 6.10 Å². The van der Waals surface area contributed by atoms with E-state index in [-0.39, 0.29) is 5.91 Å². The summed E-state index contributed by atoms with van der Waals surface area (Å²) in [7, 11) is 0. The van der Waals surface area contributed by atoms with E-state index in [2.05, 4.69) is 20.6 Å². The first kappa shape index (κ1) is 12.7. The summed E-state index contributed by atoms with van der Waals surface area (Å²) >= 11 is 1.36. The quantitative estimate of drug-likeness (QED) is 0.854. The van der Waals surface area contributed by atoms with Gasteiger partial charge < -0.3 is 10.4 Å². The monoisotopic (exact) mass is 267 g/mol. The van der Waals surface area contributed by atoms with Gasteiger partial charge in [-0.2, -0.15) is 0 Å². The molecule has 2 heterocycles. The highest BCUT2D eigenvalue weighted by atomic mass is 32.1. The predicted molar refractivity (Wildman–Crippen MR) is 66.2 cm³/mol. The number of aromatic nitrogens is 4. The Hall–Kier alpha value is -1.80. The molecular formula is C10H13N5O2S. The van der Waals surface area contributed by atoms with E-state index in [1.807, 2.05) is 5.38 Å². The zero-order valence-corrected chi connectivity index (χ0v) is 10.8. The van der Waals surface area contributed by atoms with Gasteiger partial charge in [0.2, 0.25) is 5.91 Å². The van der Waals surface area contributed by atoms with Crippen LogP contribution < -0.4 is 5.32 Å². The minimum atomic E-state index is -0.635. The summed E-state index contributed by atoms with van der Waals surface area (Å²) in [6, 6.07) is 0. The number of carbonyl (C=O) groups is 1. The second-order valence-electron chi connectivity index (χ2n) is 3.84. The lowest BCUT2D eigenvalue weighted by molar-refractivity contribution is -0.114. The van der Waals surface area contributed by atoms with Gasteiger partial charge in [0.25, 0.3) is 0 Å². The van der Waals surface area contributed by atoms with Gasteiger partial charge in [0, 0.05) is 12.3 Å². The molecule has 0 saturated heterocycles. The van der Waals surface area contributed by atoms with E-state index in [0.29, 0.717) is 17.4 Å². The van der Waals surface area contributed by atoms with Gasteiger partial charge in [-0.25, -0.2) is 9.67 Å². The number of amides is 1. The van der Waals surface area contributed by atoms with E-state index >= 15 is 0 Å². The summed E-state index contributed by atoms with van der Waals surface area (Å²) in [6.45, 7) is 3.52. The van der Waals surface area contributed by atoms with E-state index in [4.69, 9.17) is 0 Å². The number of hydrogen-bond acceptors (Lipinski definition) is 6. The van der Waals surface area contributed by atoms with Crippen LogP contribution in [-0.4, -0.2) is 31.0 Å². The summed E-state index contributed by atoms with van der Waals surface area (Å²) < 4.78 is 1.59. The van der Waals surface area contributed by atoms with Crippen molar-refractivity contribution in [1.29, 1.82) is 0 Å². The molecule has 96 valence electrons. The molecule has 8 heteroatoms. The fourth-order valence-corrected chi connectivity index (χ4v) is 2.08. The Kier molecular flexibility index (Phi) is 3.68. The molecule has 2 aromatic heterocycles. The number of thiazole rings is 1. The molecule has 1 amide bonds. The molecule has 1 atom stereocenters. The molecule has 2 rings (SSSR count). The molecular weight excluding hydrogens is 254 g/mol. The van der Waals surface area contributed by atoms with Gasteiger partial charge in [-0.15, -0.1) is 16.4 Å². The van der Waals surface area contributed by atoms with Crippen molar-refractivity contribution >= 4 is 22.4 Å². The van der Waals surface area contributed by atoms with E-state index in [0.717, 1.165) is 5.69 Å². The predicted octanol–water partition coefficient (Wildman–Crippen LogP) is 0.795. The van der Waals surface area contributed by atoms with Crippen molar-refractivity contribution in [3.63, 3.8) is 0 Å². The largest absolute Gasteiger partial charge is 0.387 e. The first-order valence-electron chi connectivity index (χ1n) is 5.34. The van der Waals surface area contributed by atoms with Crippen molar-refractivity contribution in [2.45, 2.75) is 26.5 Å². The summed E-state index contributed by atoms with van der Waals surface area (Å²) in [4.78, 5) is 15.1. The third kappa shape index (κ3) is 3.11. The maximum atomic E-state index is 10.9. The highest BCUT2D eigenvalue weighted by Crippen LogP contribution is 2.16. The molecule has 0 fully saturated rings. The van der Waals surface area contributed by atoms with Crippen LogP contribution in [0.15, 0.2) is 11.6 Å². The Labute approximate surface area is 107 Å². The zero-order valence-electron chi connectivity index (χ0n) is 9.99. The smallest absolute Gasteiger partial charge is 0.223 e. The van der Waals surface area contributed by atoms with Crippen LogP contribution in [0.3, 0.4) is 0 Å². The maximum Gasteiger partial charge on any atom is 0.223 e. The summed E-state index contributed by atoms with van der Waals surface area (Å²) in [5, 5.41) is 22.1. The van der Waals surface area contributed by atoms with Crippen molar-refractivity contribution in [2.75, 3.05) is 5.32 Å². The number of anilines is 1. The fourth-order valence-electron chi connectivity index (χ4n) is 1.34. The van der Waals surface area contributed by atoms with Gasteiger partial charge >= 0.3 is 0 Å². The number of nitrogens with one attached hydrogen (secondary N) is 1. The molecule has 2 N–H and O–H groups in total. The number of aliphatic hydroxyl groups is 1. The lowest BCUT2D eigenvalue weighted by Crippen LogP contribution is -2.06. The molecule has 0 aliphatic carbocycles. The van der Waals surface area contributed by atoms with Gasteiger partial charge in [-0.3, -0.25) is 4.79 Å². The van der Waals surface area contributed by atoms with Crippen LogP contribution in [0.2, 0.25) is 0 Å². The minimum absolute atomic E-state index is 0.145. The topological polar surface area (TPSA) is 92.9 Å². The molecule has 0 radical (unpaired) electrons. The fraction of sp³-hybridized carbons (Fsp3) is 0.400. The van der Waals surface area contributed by atoms with Crippen LogP contribution in [0.25, 0.3) is 0 Å². The van der Waals surface area contributed by atoms with E-state index in [1.165, 1.54) is 18.3 Å². The number of carbonyl (C=O) groups excluding carboxylic acids is 1. The van der Waals surface area contributed by atoms with Gasteiger partial charge in [-0.1, -0.05) is 5.21 Å². The molecule has 0 saturated carbocycles. The van der Waals surface area contributed by atoms with Crippen LogP contribution in [0.1, 0.15) is 31.3 Å². The van der Waals surface area contributed by atoms with E-state index in [9.17, 15) is 9.90 Å². The number of aliphatic hydroxyl groups excluding tert-OH is 1. The average Bonchev–Trinajstić information content (AvgIpc) is 2.88. The van der Waals surface area contributed by atoms with Crippen molar-refractivity contribution in [3.8, 4) is 0 Å². The summed E-state index contributed by atoms with van der Waals surface area (Å²) in [6.07, 6.45) is 1.03. The third-order valence-electron chi connectivity index (χ3n) is 2.14. The lowest BCUT2D eigenvalue weighted by atomic mass is 10.3. The molecule has 0 bridgehead atoms. The number of rotatable bonds is 4. The van der Waals surface area contributed by atoms with Crippen molar-refractivity contribution < 1.29 is 9.90 Å². The average molecular weight is 267 g/mol. The first-order chi connectivity index (χ1) is 8.54. The molecule has 0 aliphatic rings. The normalized spacial score (nSPS) is 12.4. The van der Waals surface area contributed by atoms with Crippen LogP contribution in [-0.2, 0) is 11.3 Å². The summed E-state index contributed by atoms with van der Waals surface area (Å²) in [5.74, 6) is -0.145. The SMILES string of the molecule is CC(=O)Nc1nc(Cn2cc(C(C)O)nn2)cs1. The van der Waals surface area contributed by atoms with Crippen molar-refractivity contribution in [1.82, 2.24) is 20.0 Å². The van der Waals surface area contributed by atoms with Crippen molar-refractivity contribution in [3.05, 3.63) is 23.0 Å². The Balaban J connectivity index is 2.04. The molecule has 0 aromatic carbocycles. The van der Waals surface area contributed by atoms with Crippen LogP contribution in [0, 0.1) is 0 Å². The second-order valence-corrected chi connectivity index (χ2v) is 4.70. The lowest BCUT2D eigenvalue weighted by Gasteiger charge is -1.97. The standard InChI is InChI=1S/C10H13N5O2S/c1-6(16)9-4-15(14-13-9)3-8-5-18-10(12-8)11-7(2)17/h4-6,16H,3H2,1-2H3,(H,11,12,17). The van der Waals surface area contributed by atoms with Gasteiger partial charge in [-0.05, 0) is 6.92 Å².